The Morgan fingerprint density at radius 3 is 2.62 bits per heavy atom. The summed E-state index contributed by atoms with van der Waals surface area (Å²) in [5.74, 6) is 0.124. The molecular formula is C13H16F2N6. The van der Waals surface area contributed by atoms with E-state index in [0.29, 0.717) is 5.95 Å². The van der Waals surface area contributed by atoms with E-state index in [1.54, 1.807) is 7.05 Å². The zero-order chi connectivity index (χ0) is 14.8. The van der Waals surface area contributed by atoms with Crippen molar-refractivity contribution in [2.75, 3.05) is 18.0 Å². The molecule has 1 saturated heterocycles. The van der Waals surface area contributed by atoms with E-state index in [4.69, 9.17) is 0 Å². The first-order valence-corrected chi connectivity index (χ1v) is 6.93. The van der Waals surface area contributed by atoms with Crippen LogP contribution in [0.25, 0.3) is 11.5 Å². The number of rotatable bonds is 3. The van der Waals surface area contributed by atoms with Crippen LogP contribution in [0.4, 0.5) is 14.7 Å². The molecule has 112 valence electrons. The van der Waals surface area contributed by atoms with Gasteiger partial charge < -0.3 is 4.90 Å². The summed E-state index contributed by atoms with van der Waals surface area (Å²) in [7, 11) is 1.59. The second-order valence-electron chi connectivity index (χ2n) is 5.02. The first kappa shape index (κ1) is 13.8. The van der Waals surface area contributed by atoms with E-state index in [2.05, 4.69) is 20.1 Å². The molecular weight excluding hydrogens is 278 g/mol. The van der Waals surface area contributed by atoms with Gasteiger partial charge >= 0.3 is 0 Å². The van der Waals surface area contributed by atoms with Crippen LogP contribution in [-0.4, -0.2) is 37.8 Å². The topological polar surface area (TPSA) is 59.7 Å². The van der Waals surface area contributed by atoms with Gasteiger partial charge in [-0.3, -0.25) is 0 Å². The minimum absolute atomic E-state index is 0.0186. The molecule has 0 spiro atoms. The highest BCUT2D eigenvalue weighted by molar-refractivity contribution is 5.52. The molecule has 2 aromatic heterocycles. The minimum atomic E-state index is -0.792. The van der Waals surface area contributed by atoms with Gasteiger partial charge in [-0.25, -0.2) is 28.4 Å². The molecule has 0 aromatic carbocycles. The lowest BCUT2D eigenvalue weighted by Gasteiger charge is -2.26. The molecule has 3 heterocycles. The van der Waals surface area contributed by atoms with Gasteiger partial charge in [0.2, 0.25) is 5.95 Å². The van der Waals surface area contributed by atoms with Crippen molar-refractivity contribution in [3.63, 3.8) is 0 Å². The number of aromatic nitrogens is 5. The molecule has 1 fully saturated rings. The van der Waals surface area contributed by atoms with E-state index in [1.807, 2.05) is 4.90 Å². The van der Waals surface area contributed by atoms with Crippen LogP contribution in [0.15, 0.2) is 6.20 Å². The van der Waals surface area contributed by atoms with E-state index >= 15 is 0 Å². The number of piperidine rings is 1. The lowest BCUT2D eigenvalue weighted by molar-refractivity contribution is 0.463. The van der Waals surface area contributed by atoms with Crippen LogP contribution in [-0.2, 0) is 13.7 Å². The molecule has 0 radical (unpaired) electrons. The molecule has 0 saturated carbocycles. The maximum absolute atomic E-state index is 14.0. The predicted octanol–water partition coefficient (Wildman–Crippen LogP) is 1.87. The highest BCUT2D eigenvalue weighted by Gasteiger charge is 2.20. The van der Waals surface area contributed by atoms with E-state index in [9.17, 15) is 8.78 Å². The van der Waals surface area contributed by atoms with Gasteiger partial charge in [0.1, 0.15) is 5.69 Å². The Morgan fingerprint density at radius 1 is 1.19 bits per heavy atom. The van der Waals surface area contributed by atoms with Gasteiger partial charge in [-0.2, -0.15) is 5.10 Å². The van der Waals surface area contributed by atoms with Crippen LogP contribution in [0.2, 0.25) is 0 Å². The molecule has 0 bridgehead atoms. The van der Waals surface area contributed by atoms with Gasteiger partial charge in [0, 0.05) is 20.1 Å². The molecule has 0 N–H and O–H groups in total. The van der Waals surface area contributed by atoms with Gasteiger partial charge in [0.15, 0.2) is 24.1 Å². The van der Waals surface area contributed by atoms with Gasteiger partial charge in [0.25, 0.3) is 0 Å². The summed E-state index contributed by atoms with van der Waals surface area (Å²) in [6.07, 6.45) is 4.47. The maximum Gasteiger partial charge on any atom is 0.226 e. The molecule has 0 amide bonds. The molecule has 0 unspecified atom stereocenters. The van der Waals surface area contributed by atoms with E-state index in [1.165, 1.54) is 11.1 Å². The van der Waals surface area contributed by atoms with Crippen LogP contribution in [0.5, 0.6) is 0 Å². The quantitative estimate of drug-likeness (QED) is 0.865. The van der Waals surface area contributed by atoms with Crippen LogP contribution in [0, 0.1) is 5.82 Å². The third-order valence-electron chi connectivity index (χ3n) is 3.51. The Labute approximate surface area is 120 Å². The summed E-state index contributed by atoms with van der Waals surface area (Å²) in [5, 5.41) is 3.88. The van der Waals surface area contributed by atoms with E-state index < -0.39 is 12.5 Å². The lowest BCUT2D eigenvalue weighted by atomic mass is 10.1. The Bertz CT molecular complexity index is 636. The van der Waals surface area contributed by atoms with Crippen LogP contribution >= 0.6 is 0 Å². The first-order chi connectivity index (χ1) is 10.2. The van der Waals surface area contributed by atoms with Gasteiger partial charge in [0.05, 0.1) is 6.20 Å². The molecule has 2 aromatic rings. The Hall–Kier alpha value is -2.12. The van der Waals surface area contributed by atoms with Crippen molar-refractivity contribution in [3.8, 4) is 11.5 Å². The summed E-state index contributed by atoms with van der Waals surface area (Å²) >= 11 is 0. The van der Waals surface area contributed by atoms with E-state index in [0.717, 1.165) is 32.1 Å². The number of anilines is 1. The number of hydrogen-bond acceptors (Lipinski definition) is 5. The zero-order valence-corrected chi connectivity index (χ0v) is 11.8. The average molecular weight is 294 g/mol. The van der Waals surface area contributed by atoms with Crippen molar-refractivity contribution in [1.82, 2.24) is 24.7 Å². The maximum atomic E-state index is 14.0. The molecule has 1 aliphatic heterocycles. The Kier molecular flexibility index (Phi) is 3.76. The predicted molar refractivity (Wildman–Crippen MR) is 72.9 cm³/mol. The standard InChI is InChI=1S/C13H16F2N6/c1-20-12(17-10(7-14)19-20)11-9(15)8-16-13(18-11)21-5-3-2-4-6-21/h8H,2-7H2,1H3. The fraction of sp³-hybridized carbons (Fsp3) is 0.538. The number of aryl methyl sites for hydroxylation is 1. The molecule has 6 nitrogen and oxygen atoms in total. The summed E-state index contributed by atoms with van der Waals surface area (Å²) in [6, 6.07) is 0. The highest BCUT2D eigenvalue weighted by atomic mass is 19.1. The van der Waals surface area contributed by atoms with Crippen molar-refractivity contribution in [1.29, 1.82) is 0 Å². The summed E-state index contributed by atoms with van der Waals surface area (Å²) < 4.78 is 28.0. The third kappa shape index (κ3) is 2.70. The van der Waals surface area contributed by atoms with Crippen LogP contribution < -0.4 is 4.90 Å². The molecule has 3 rings (SSSR count). The van der Waals surface area contributed by atoms with Crippen molar-refractivity contribution in [3.05, 3.63) is 17.8 Å². The second kappa shape index (κ2) is 5.71. The smallest absolute Gasteiger partial charge is 0.226 e. The average Bonchev–Trinajstić information content (AvgIpc) is 2.90. The third-order valence-corrected chi connectivity index (χ3v) is 3.51. The monoisotopic (exact) mass is 294 g/mol. The van der Waals surface area contributed by atoms with Crippen molar-refractivity contribution < 1.29 is 8.78 Å². The van der Waals surface area contributed by atoms with E-state index in [-0.39, 0.29) is 17.3 Å². The fourth-order valence-electron chi connectivity index (χ4n) is 2.46. The molecule has 0 atom stereocenters. The number of alkyl halides is 1. The number of nitrogens with zero attached hydrogens (tertiary/aromatic N) is 6. The number of halogens is 2. The summed E-state index contributed by atoms with van der Waals surface area (Å²) in [5.41, 5.74) is 0.0558. The number of hydrogen-bond donors (Lipinski definition) is 0. The molecule has 8 heteroatoms. The Balaban J connectivity index is 1.99. The van der Waals surface area contributed by atoms with Crippen LogP contribution in [0.3, 0.4) is 0 Å². The van der Waals surface area contributed by atoms with Gasteiger partial charge in [-0.1, -0.05) is 0 Å². The summed E-state index contributed by atoms with van der Waals surface area (Å²) in [4.78, 5) is 14.3. The minimum Gasteiger partial charge on any atom is -0.341 e. The lowest BCUT2D eigenvalue weighted by Crippen LogP contribution is -2.31. The first-order valence-electron chi connectivity index (χ1n) is 6.93. The van der Waals surface area contributed by atoms with Gasteiger partial charge in [-0.15, -0.1) is 0 Å². The van der Waals surface area contributed by atoms with Crippen molar-refractivity contribution in [2.24, 2.45) is 7.05 Å². The zero-order valence-electron chi connectivity index (χ0n) is 11.8. The normalized spacial score (nSPS) is 15.5. The highest BCUT2D eigenvalue weighted by Crippen LogP contribution is 2.22. The fourth-order valence-corrected chi connectivity index (χ4v) is 2.46. The van der Waals surface area contributed by atoms with Crippen molar-refractivity contribution >= 4 is 5.95 Å². The van der Waals surface area contributed by atoms with Crippen LogP contribution in [0.1, 0.15) is 25.1 Å². The summed E-state index contributed by atoms with van der Waals surface area (Å²) in [6.45, 7) is 0.929. The molecule has 1 aliphatic rings. The largest absolute Gasteiger partial charge is 0.341 e. The van der Waals surface area contributed by atoms with Gasteiger partial charge in [-0.05, 0) is 19.3 Å². The Morgan fingerprint density at radius 2 is 1.95 bits per heavy atom. The molecule has 0 aliphatic carbocycles. The van der Waals surface area contributed by atoms with Crippen molar-refractivity contribution in [2.45, 2.75) is 25.9 Å². The SMILES string of the molecule is Cn1nc(CF)nc1-c1nc(N2CCCCC2)ncc1F. The molecule has 21 heavy (non-hydrogen) atoms. The second-order valence-corrected chi connectivity index (χ2v) is 5.02.